The van der Waals surface area contributed by atoms with Gasteiger partial charge in [-0.2, -0.15) is 0 Å². The smallest absolute Gasteiger partial charge is 0.188 e. The molecule has 0 unspecified atom stereocenters. The number of pyridine rings is 1. The molecular formula is C18H10N6OS. The molecule has 0 amide bonds. The number of aromatic nitrogens is 5. The highest BCUT2D eigenvalue weighted by molar-refractivity contribution is 7.18. The summed E-state index contributed by atoms with van der Waals surface area (Å²) < 4.78 is 1.07. The fraction of sp³-hybridized carbons (Fsp3) is 0. The summed E-state index contributed by atoms with van der Waals surface area (Å²) in [7, 11) is 0. The number of hydrogen-bond acceptors (Lipinski definition) is 7. The summed E-state index contributed by atoms with van der Waals surface area (Å²) in [6.45, 7) is 0. The number of H-pyrrole nitrogens is 1. The summed E-state index contributed by atoms with van der Waals surface area (Å²) in [6, 6.07) is 17.1. The molecule has 5 aromatic rings. The molecule has 0 spiro atoms. The van der Waals surface area contributed by atoms with Gasteiger partial charge in [0.1, 0.15) is 11.6 Å². The van der Waals surface area contributed by atoms with Gasteiger partial charge in [0, 0.05) is 17.1 Å². The number of rotatable bonds is 3. The Morgan fingerprint density at radius 1 is 1.15 bits per heavy atom. The van der Waals surface area contributed by atoms with Gasteiger partial charge in [0.25, 0.3) is 0 Å². The second-order valence-electron chi connectivity index (χ2n) is 5.62. The molecule has 0 aliphatic heterocycles. The van der Waals surface area contributed by atoms with Crippen molar-refractivity contribution in [3.05, 3.63) is 53.9 Å². The lowest BCUT2D eigenvalue weighted by molar-refractivity contribution is 0.475. The minimum Gasteiger partial charge on any atom is -0.508 e. The predicted molar refractivity (Wildman–Crippen MR) is 99.4 cm³/mol. The first-order valence-electron chi connectivity index (χ1n) is 7.73. The Hall–Kier alpha value is -3.70. The maximum absolute atomic E-state index is 9.69. The Morgan fingerprint density at radius 2 is 2.12 bits per heavy atom. The molecule has 124 valence electrons. The van der Waals surface area contributed by atoms with Crippen molar-refractivity contribution in [2.45, 2.75) is 0 Å². The van der Waals surface area contributed by atoms with Crippen LogP contribution >= 0.6 is 11.3 Å². The van der Waals surface area contributed by atoms with E-state index in [0.717, 1.165) is 26.7 Å². The maximum atomic E-state index is 9.69. The van der Waals surface area contributed by atoms with Crippen molar-refractivity contribution in [1.82, 2.24) is 25.6 Å². The van der Waals surface area contributed by atoms with Crippen molar-refractivity contribution in [2.75, 3.05) is 5.32 Å². The Kier molecular flexibility index (Phi) is 3.20. The number of aromatic hydroxyl groups is 1. The normalized spacial score (nSPS) is 10.9. The number of anilines is 2. The van der Waals surface area contributed by atoms with Gasteiger partial charge in [-0.25, -0.2) is 10.1 Å². The third-order valence-electron chi connectivity index (χ3n) is 3.95. The number of hydrogen-bond donors (Lipinski definition) is 3. The van der Waals surface area contributed by atoms with E-state index in [9.17, 15) is 5.11 Å². The van der Waals surface area contributed by atoms with E-state index in [0.29, 0.717) is 17.2 Å². The van der Waals surface area contributed by atoms with Crippen molar-refractivity contribution in [2.24, 2.45) is 0 Å². The standard InChI is InChI=1S/C18H10N6OS/c25-12-3-1-2-11(9-12)19-18-14-6-7-26-16(14)13-5-4-10(8-15(13)20-18)17-21-23-24-22-17/h1-3,6-9,25H,(H,19,20)(H,21,22,23,24). The average Bonchev–Trinajstić information content (AvgIpc) is 3.33. The van der Waals surface area contributed by atoms with Crippen LogP contribution in [0, 0.1) is 12.1 Å². The zero-order valence-corrected chi connectivity index (χ0v) is 14.0. The molecule has 7 nitrogen and oxygen atoms in total. The summed E-state index contributed by atoms with van der Waals surface area (Å²) in [5.74, 6) is 1.42. The molecule has 3 N–H and O–H groups in total. The van der Waals surface area contributed by atoms with E-state index in [1.54, 1.807) is 29.5 Å². The molecule has 0 bridgehead atoms. The van der Waals surface area contributed by atoms with Crippen LogP contribution in [0.5, 0.6) is 5.75 Å². The van der Waals surface area contributed by atoms with Gasteiger partial charge in [-0.3, -0.25) is 0 Å². The van der Waals surface area contributed by atoms with Crippen molar-refractivity contribution in [3.8, 4) is 17.1 Å². The maximum Gasteiger partial charge on any atom is 0.188 e. The molecule has 5 rings (SSSR count). The van der Waals surface area contributed by atoms with Crippen LogP contribution in [0.2, 0.25) is 0 Å². The Balaban J connectivity index is 1.69. The van der Waals surface area contributed by atoms with Gasteiger partial charge >= 0.3 is 0 Å². The second-order valence-corrected chi connectivity index (χ2v) is 6.53. The number of benzene rings is 1. The van der Waals surface area contributed by atoms with Gasteiger partial charge in [-0.1, -0.05) is 18.2 Å². The van der Waals surface area contributed by atoms with Gasteiger partial charge in [0.2, 0.25) is 0 Å². The van der Waals surface area contributed by atoms with Crippen LogP contribution in [-0.4, -0.2) is 30.7 Å². The first-order valence-corrected chi connectivity index (χ1v) is 8.61. The number of nitrogens with one attached hydrogen (secondary N) is 2. The number of fused-ring (bicyclic) bond motifs is 3. The zero-order chi connectivity index (χ0) is 17.5. The predicted octanol–water partition coefficient (Wildman–Crippen LogP) is 3.68. The highest BCUT2D eigenvalue weighted by Crippen LogP contribution is 2.35. The molecule has 3 aromatic heterocycles. The minimum atomic E-state index is 0.195. The van der Waals surface area contributed by atoms with Gasteiger partial charge < -0.3 is 10.4 Å². The van der Waals surface area contributed by atoms with E-state index in [4.69, 9.17) is 4.98 Å². The Bertz CT molecular complexity index is 1230. The van der Waals surface area contributed by atoms with Crippen LogP contribution in [0.25, 0.3) is 32.4 Å². The summed E-state index contributed by atoms with van der Waals surface area (Å²) in [6.07, 6.45) is 0. The lowest BCUT2D eigenvalue weighted by Gasteiger charge is -2.09. The molecule has 0 fully saturated rings. The molecule has 0 aliphatic carbocycles. The summed E-state index contributed by atoms with van der Waals surface area (Å²) in [4.78, 5) is 4.75. The number of aromatic amines is 1. The minimum absolute atomic E-state index is 0.195. The Labute approximate surface area is 151 Å². The number of phenolic OH excluding ortho intramolecular Hbond substituents is 1. The molecule has 0 saturated carbocycles. The number of nitrogens with zero attached hydrogens (tertiary/aromatic N) is 4. The van der Waals surface area contributed by atoms with Gasteiger partial charge in [-0.15, -0.1) is 16.4 Å². The van der Waals surface area contributed by atoms with Crippen LogP contribution < -0.4 is 5.32 Å². The first kappa shape index (κ1) is 14.6. The summed E-state index contributed by atoms with van der Waals surface area (Å²) >= 11 is 1.62. The van der Waals surface area contributed by atoms with E-state index < -0.39 is 0 Å². The van der Waals surface area contributed by atoms with E-state index in [1.165, 1.54) is 0 Å². The number of phenols is 1. The quantitative estimate of drug-likeness (QED) is 0.455. The van der Waals surface area contributed by atoms with Crippen molar-refractivity contribution in [3.63, 3.8) is 0 Å². The van der Waals surface area contributed by atoms with Gasteiger partial charge in [-0.05, 0) is 40.1 Å². The second kappa shape index (κ2) is 5.68. The number of thiophene rings is 1. The highest BCUT2D eigenvalue weighted by Gasteiger charge is 2.12. The van der Waals surface area contributed by atoms with Crippen LogP contribution in [0.1, 0.15) is 0 Å². The van der Waals surface area contributed by atoms with Crippen molar-refractivity contribution >= 4 is 43.8 Å². The Morgan fingerprint density at radius 3 is 2.96 bits per heavy atom. The van der Waals surface area contributed by atoms with Gasteiger partial charge in [0.15, 0.2) is 5.82 Å². The SMILES string of the molecule is Oc1cccc(Nc2nc3cc(-c4nnn[nH]4)c#cc3c3sccc23)c1. The first-order chi connectivity index (χ1) is 12.8. The zero-order valence-electron chi connectivity index (χ0n) is 13.2. The lowest BCUT2D eigenvalue weighted by Crippen LogP contribution is -1.95. The largest absolute Gasteiger partial charge is 0.508 e. The molecule has 0 aliphatic rings. The third kappa shape index (κ3) is 2.39. The fourth-order valence-electron chi connectivity index (χ4n) is 2.79. The summed E-state index contributed by atoms with van der Waals surface area (Å²) in [5.41, 5.74) is 2.21. The number of tetrazole rings is 1. The van der Waals surface area contributed by atoms with E-state index in [1.807, 2.05) is 23.6 Å². The topological polar surface area (TPSA) is 99.6 Å². The summed E-state index contributed by atoms with van der Waals surface area (Å²) in [5, 5.41) is 30.7. The van der Waals surface area contributed by atoms with Crippen LogP contribution in [0.15, 0.2) is 41.8 Å². The van der Waals surface area contributed by atoms with Crippen LogP contribution in [-0.2, 0) is 0 Å². The van der Waals surface area contributed by atoms with Crippen LogP contribution in [0.4, 0.5) is 11.5 Å². The fourth-order valence-corrected chi connectivity index (χ4v) is 3.69. The molecule has 3 heterocycles. The molecule has 0 radical (unpaired) electrons. The van der Waals surface area contributed by atoms with Crippen molar-refractivity contribution in [1.29, 1.82) is 0 Å². The molecule has 0 atom stereocenters. The van der Waals surface area contributed by atoms with E-state index >= 15 is 0 Å². The average molecular weight is 358 g/mol. The molecule has 26 heavy (non-hydrogen) atoms. The van der Waals surface area contributed by atoms with Crippen molar-refractivity contribution < 1.29 is 5.11 Å². The lowest BCUT2D eigenvalue weighted by atomic mass is 10.1. The molecule has 0 saturated heterocycles. The monoisotopic (exact) mass is 358 g/mol. The molecule has 2 aromatic carbocycles. The highest BCUT2D eigenvalue weighted by atomic mass is 32.1. The van der Waals surface area contributed by atoms with E-state index in [2.05, 4.69) is 38.1 Å². The van der Waals surface area contributed by atoms with E-state index in [-0.39, 0.29) is 5.75 Å². The molecular weight excluding hydrogens is 348 g/mol. The third-order valence-corrected chi connectivity index (χ3v) is 4.88. The van der Waals surface area contributed by atoms with Gasteiger partial charge in [0.05, 0.1) is 21.2 Å². The molecule has 8 heteroatoms. The van der Waals surface area contributed by atoms with Crippen LogP contribution in [0.3, 0.4) is 0 Å².